The van der Waals surface area contributed by atoms with E-state index in [1.807, 2.05) is 24.8 Å². The molecule has 0 unspecified atom stereocenters. The van der Waals surface area contributed by atoms with Gasteiger partial charge >= 0.3 is 0 Å². The van der Waals surface area contributed by atoms with Crippen molar-refractivity contribution < 1.29 is 4.92 Å². The lowest BCUT2D eigenvalue weighted by atomic mass is 10.1. The summed E-state index contributed by atoms with van der Waals surface area (Å²) in [5.74, 6) is 0. The zero-order chi connectivity index (χ0) is 12.1. The largest absolute Gasteiger partial charge is 0.371 e. The van der Waals surface area contributed by atoms with Crippen molar-refractivity contribution in [2.45, 2.75) is 13.8 Å². The fourth-order valence-corrected chi connectivity index (χ4v) is 1.62. The molecule has 1 rings (SSSR count). The lowest BCUT2D eigenvalue weighted by molar-refractivity contribution is -0.385. The Bertz CT molecular complexity index is 433. The zero-order valence-corrected chi connectivity index (χ0v) is 9.30. The number of rotatable bonds is 4. The van der Waals surface area contributed by atoms with Gasteiger partial charge in [-0.2, -0.15) is 5.26 Å². The zero-order valence-electron chi connectivity index (χ0n) is 9.30. The van der Waals surface area contributed by atoms with Gasteiger partial charge < -0.3 is 4.90 Å². The van der Waals surface area contributed by atoms with E-state index in [1.165, 1.54) is 6.07 Å². The maximum atomic E-state index is 10.8. The van der Waals surface area contributed by atoms with Crippen LogP contribution in [0.2, 0.25) is 0 Å². The van der Waals surface area contributed by atoms with Crippen molar-refractivity contribution in [2.75, 3.05) is 18.0 Å². The first kappa shape index (κ1) is 12.0. The minimum absolute atomic E-state index is 0.132. The number of anilines is 1. The molecule has 0 saturated heterocycles. The van der Waals surface area contributed by atoms with Crippen molar-refractivity contribution in [1.82, 2.24) is 0 Å². The van der Waals surface area contributed by atoms with Crippen molar-refractivity contribution >= 4 is 11.4 Å². The molecule has 1 aromatic rings. The predicted octanol–water partition coefficient (Wildman–Crippen LogP) is 2.31. The number of nitro groups is 1. The first-order chi connectivity index (χ1) is 7.65. The van der Waals surface area contributed by atoms with Crippen molar-refractivity contribution in [3.63, 3.8) is 0 Å². The van der Waals surface area contributed by atoms with E-state index in [0.717, 1.165) is 0 Å². The third-order valence-electron chi connectivity index (χ3n) is 2.43. The highest BCUT2D eigenvalue weighted by atomic mass is 16.6. The highest BCUT2D eigenvalue weighted by molar-refractivity contribution is 5.67. The normalized spacial score (nSPS) is 9.56. The van der Waals surface area contributed by atoms with Gasteiger partial charge in [-0.1, -0.05) is 6.07 Å². The van der Waals surface area contributed by atoms with E-state index in [0.29, 0.717) is 18.8 Å². The molecule has 84 valence electrons. The second-order valence-electron chi connectivity index (χ2n) is 3.21. The number of hydrogen-bond acceptors (Lipinski definition) is 4. The lowest BCUT2D eigenvalue weighted by Crippen LogP contribution is -2.23. The van der Waals surface area contributed by atoms with Gasteiger partial charge in [-0.25, -0.2) is 0 Å². The summed E-state index contributed by atoms with van der Waals surface area (Å²) in [5, 5.41) is 19.8. The van der Waals surface area contributed by atoms with Crippen molar-refractivity contribution in [2.24, 2.45) is 0 Å². The minimum atomic E-state index is -0.522. The number of benzene rings is 1. The lowest BCUT2D eigenvalue weighted by Gasteiger charge is -2.21. The number of nitriles is 1. The number of nitro benzene ring substituents is 1. The van der Waals surface area contributed by atoms with Gasteiger partial charge in [0.25, 0.3) is 5.69 Å². The molecule has 0 saturated carbocycles. The molecular formula is C11H13N3O2. The Morgan fingerprint density at radius 1 is 1.44 bits per heavy atom. The molecule has 0 bridgehead atoms. The molecule has 0 aliphatic rings. The van der Waals surface area contributed by atoms with Crippen LogP contribution in [0, 0.1) is 21.4 Å². The van der Waals surface area contributed by atoms with Gasteiger partial charge in [0.2, 0.25) is 0 Å². The maximum Gasteiger partial charge on any atom is 0.289 e. The van der Waals surface area contributed by atoms with E-state index in [2.05, 4.69) is 0 Å². The van der Waals surface area contributed by atoms with Crippen molar-refractivity contribution in [3.05, 3.63) is 33.9 Å². The maximum absolute atomic E-state index is 10.8. The van der Waals surface area contributed by atoms with E-state index in [1.54, 1.807) is 12.1 Å². The second-order valence-corrected chi connectivity index (χ2v) is 3.21. The molecule has 0 aromatic heterocycles. The molecule has 0 aliphatic carbocycles. The molecule has 0 aliphatic heterocycles. The first-order valence-electron chi connectivity index (χ1n) is 5.08. The molecule has 0 N–H and O–H groups in total. The average molecular weight is 219 g/mol. The van der Waals surface area contributed by atoms with Gasteiger partial charge in [0.1, 0.15) is 6.07 Å². The van der Waals surface area contributed by atoms with Gasteiger partial charge in [0, 0.05) is 19.2 Å². The summed E-state index contributed by atoms with van der Waals surface area (Å²) < 4.78 is 0. The third-order valence-corrected chi connectivity index (χ3v) is 2.43. The van der Waals surface area contributed by atoms with Gasteiger partial charge in [-0.3, -0.25) is 10.1 Å². The number of nitrogens with zero attached hydrogens (tertiary/aromatic N) is 3. The molecule has 5 heteroatoms. The predicted molar refractivity (Wildman–Crippen MR) is 61.4 cm³/mol. The third kappa shape index (κ3) is 2.11. The van der Waals surface area contributed by atoms with Crippen LogP contribution >= 0.6 is 0 Å². The van der Waals surface area contributed by atoms with E-state index in [-0.39, 0.29) is 11.3 Å². The molecular weight excluding hydrogens is 206 g/mol. The van der Waals surface area contributed by atoms with Crippen LogP contribution in [0.3, 0.4) is 0 Å². The van der Waals surface area contributed by atoms with Crippen LogP contribution in [-0.4, -0.2) is 18.0 Å². The molecule has 0 fully saturated rings. The fourth-order valence-electron chi connectivity index (χ4n) is 1.62. The molecule has 0 radical (unpaired) electrons. The smallest absolute Gasteiger partial charge is 0.289 e. The van der Waals surface area contributed by atoms with E-state index in [4.69, 9.17) is 5.26 Å². The standard InChI is InChI=1S/C11H13N3O2/c1-3-13(4-2)10-6-5-7-11(14(15)16)9(10)8-12/h5-7H,3-4H2,1-2H3. The van der Waals surface area contributed by atoms with Gasteiger partial charge in [-0.15, -0.1) is 0 Å². The summed E-state index contributed by atoms with van der Waals surface area (Å²) in [6.45, 7) is 5.33. The van der Waals surface area contributed by atoms with Crippen molar-refractivity contribution in [3.8, 4) is 6.07 Å². The molecule has 16 heavy (non-hydrogen) atoms. The number of hydrogen-bond donors (Lipinski definition) is 0. The quantitative estimate of drug-likeness (QED) is 0.575. The summed E-state index contributed by atoms with van der Waals surface area (Å²) in [7, 11) is 0. The van der Waals surface area contributed by atoms with Gasteiger partial charge in [-0.05, 0) is 19.9 Å². The Balaban J connectivity index is 3.35. The molecule has 1 aromatic carbocycles. The summed E-state index contributed by atoms with van der Waals surface area (Å²) in [6, 6.07) is 6.60. The Morgan fingerprint density at radius 2 is 2.06 bits per heavy atom. The Labute approximate surface area is 94.1 Å². The molecule has 0 spiro atoms. The van der Waals surface area contributed by atoms with Crippen LogP contribution in [0.4, 0.5) is 11.4 Å². The van der Waals surface area contributed by atoms with Gasteiger partial charge in [0.15, 0.2) is 5.56 Å². The van der Waals surface area contributed by atoms with Gasteiger partial charge in [0.05, 0.1) is 10.6 Å². The summed E-state index contributed by atoms with van der Waals surface area (Å²) in [5.41, 5.74) is 0.629. The molecule has 0 heterocycles. The Kier molecular flexibility index (Phi) is 3.84. The summed E-state index contributed by atoms with van der Waals surface area (Å²) in [6.07, 6.45) is 0. The average Bonchev–Trinajstić information content (AvgIpc) is 2.30. The molecule has 0 atom stereocenters. The van der Waals surface area contributed by atoms with Crippen LogP contribution in [0.15, 0.2) is 18.2 Å². The SMILES string of the molecule is CCN(CC)c1cccc([N+](=O)[O-])c1C#N. The van der Waals surface area contributed by atoms with E-state index < -0.39 is 4.92 Å². The highest BCUT2D eigenvalue weighted by Crippen LogP contribution is 2.28. The van der Waals surface area contributed by atoms with Crippen LogP contribution < -0.4 is 4.90 Å². The first-order valence-corrected chi connectivity index (χ1v) is 5.08. The second kappa shape index (κ2) is 5.12. The minimum Gasteiger partial charge on any atom is -0.371 e. The molecule has 5 nitrogen and oxygen atoms in total. The van der Waals surface area contributed by atoms with Crippen molar-refractivity contribution in [1.29, 1.82) is 5.26 Å². The van der Waals surface area contributed by atoms with Crippen LogP contribution in [0.5, 0.6) is 0 Å². The topological polar surface area (TPSA) is 70.2 Å². The van der Waals surface area contributed by atoms with Crippen LogP contribution in [0.25, 0.3) is 0 Å². The molecule has 0 amide bonds. The summed E-state index contributed by atoms with van der Waals surface area (Å²) >= 11 is 0. The monoisotopic (exact) mass is 219 g/mol. The van der Waals surface area contributed by atoms with E-state index >= 15 is 0 Å². The fraction of sp³-hybridized carbons (Fsp3) is 0.364. The Hall–Kier alpha value is -2.09. The Morgan fingerprint density at radius 3 is 2.50 bits per heavy atom. The van der Waals surface area contributed by atoms with Crippen LogP contribution in [0.1, 0.15) is 19.4 Å². The highest BCUT2D eigenvalue weighted by Gasteiger charge is 2.19. The van der Waals surface area contributed by atoms with E-state index in [9.17, 15) is 10.1 Å². The van der Waals surface area contributed by atoms with Crippen LogP contribution in [-0.2, 0) is 0 Å². The summed E-state index contributed by atoms with van der Waals surface area (Å²) in [4.78, 5) is 12.2.